The van der Waals surface area contributed by atoms with Gasteiger partial charge in [0.2, 0.25) is 0 Å². The lowest BCUT2D eigenvalue weighted by atomic mass is 10.3. The quantitative estimate of drug-likeness (QED) is 0.704. The molecule has 0 amide bonds. The van der Waals surface area contributed by atoms with Gasteiger partial charge in [0.1, 0.15) is 0 Å². The average molecular weight is 288 g/mol. The minimum Gasteiger partial charge on any atom is -0.388 e. The van der Waals surface area contributed by atoms with E-state index in [1.165, 1.54) is 0 Å². The van der Waals surface area contributed by atoms with E-state index in [1.54, 1.807) is 32.5 Å². The zero-order valence-corrected chi connectivity index (χ0v) is 13.0. The molecule has 0 aliphatic rings. The van der Waals surface area contributed by atoms with Crippen LogP contribution < -0.4 is 4.90 Å². The molecule has 1 unspecified atom stereocenters. The highest BCUT2D eigenvalue weighted by Crippen LogP contribution is 2.30. The Morgan fingerprint density at radius 2 is 1.95 bits per heavy atom. The van der Waals surface area contributed by atoms with Gasteiger partial charge in [-0.1, -0.05) is 11.3 Å². The number of aliphatic hydroxyl groups is 1. The normalized spacial score (nSPS) is 12.7. The minimum absolute atomic E-state index is 0.463. The lowest BCUT2D eigenvalue weighted by Crippen LogP contribution is -2.28. The first kappa shape index (κ1) is 16.4. The van der Waals surface area contributed by atoms with Crippen LogP contribution in [0, 0.1) is 6.92 Å². The van der Waals surface area contributed by atoms with Crippen LogP contribution in [0.2, 0.25) is 0 Å². The molecule has 1 rings (SSSR count). The molecule has 1 heterocycles. The molecule has 0 saturated carbocycles. The van der Waals surface area contributed by atoms with Crippen LogP contribution in [0.25, 0.3) is 0 Å². The Morgan fingerprint density at radius 1 is 1.26 bits per heavy atom. The summed E-state index contributed by atoms with van der Waals surface area (Å²) in [5, 5.41) is 10.6. The van der Waals surface area contributed by atoms with Crippen LogP contribution in [-0.2, 0) is 9.47 Å². The maximum atomic E-state index is 9.70. The monoisotopic (exact) mass is 288 g/mol. The van der Waals surface area contributed by atoms with E-state index in [0.717, 1.165) is 41.8 Å². The van der Waals surface area contributed by atoms with Gasteiger partial charge in [-0.15, -0.1) is 0 Å². The standard InChI is InChI=1S/C13H24N2O3S/c1-10-12(11(2)16)19-13(14-10)15(7-9-18-4)6-5-8-17-3/h11,16H,5-9H2,1-4H3. The first-order valence-corrected chi connectivity index (χ1v) is 7.30. The Hall–Kier alpha value is -0.690. The molecule has 1 N–H and O–H groups in total. The molecule has 6 heteroatoms. The third-order valence-electron chi connectivity index (χ3n) is 2.81. The molecular formula is C13H24N2O3S. The van der Waals surface area contributed by atoms with E-state index in [0.29, 0.717) is 6.61 Å². The maximum Gasteiger partial charge on any atom is 0.185 e. The van der Waals surface area contributed by atoms with Gasteiger partial charge in [0, 0.05) is 33.9 Å². The fraction of sp³-hybridized carbons (Fsp3) is 0.769. The van der Waals surface area contributed by atoms with E-state index < -0.39 is 6.10 Å². The van der Waals surface area contributed by atoms with Crippen molar-refractivity contribution in [1.29, 1.82) is 0 Å². The van der Waals surface area contributed by atoms with E-state index in [2.05, 4.69) is 9.88 Å². The van der Waals surface area contributed by atoms with E-state index >= 15 is 0 Å². The number of rotatable bonds is 9. The zero-order chi connectivity index (χ0) is 14.3. The second kappa shape index (κ2) is 8.47. The van der Waals surface area contributed by atoms with Gasteiger partial charge >= 0.3 is 0 Å². The first-order chi connectivity index (χ1) is 9.10. The van der Waals surface area contributed by atoms with Crippen molar-refractivity contribution in [3.8, 4) is 0 Å². The fourth-order valence-corrected chi connectivity index (χ4v) is 2.88. The Bertz CT molecular complexity index is 369. The fourth-order valence-electron chi connectivity index (χ4n) is 1.82. The predicted molar refractivity (Wildman–Crippen MR) is 78.1 cm³/mol. The number of aryl methyl sites for hydroxylation is 1. The number of hydrogen-bond acceptors (Lipinski definition) is 6. The molecule has 0 spiro atoms. The van der Waals surface area contributed by atoms with Crippen LogP contribution in [0.5, 0.6) is 0 Å². The molecule has 19 heavy (non-hydrogen) atoms. The summed E-state index contributed by atoms with van der Waals surface area (Å²) in [5.41, 5.74) is 0.907. The van der Waals surface area contributed by atoms with E-state index in [4.69, 9.17) is 9.47 Å². The molecule has 1 atom stereocenters. The molecule has 0 radical (unpaired) electrons. The van der Waals surface area contributed by atoms with Gasteiger partial charge < -0.3 is 19.5 Å². The summed E-state index contributed by atoms with van der Waals surface area (Å²) in [6.45, 7) is 6.78. The molecule has 1 aromatic heterocycles. The largest absolute Gasteiger partial charge is 0.388 e. The molecular weight excluding hydrogens is 264 g/mol. The van der Waals surface area contributed by atoms with Crippen molar-refractivity contribution in [3.63, 3.8) is 0 Å². The van der Waals surface area contributed by atoms with Gasteiger partial charge in [0.15, 0.2) is 5.13 Å². The minimum atomic E-state index is -0.463. The van der Waals surface area contributed by atoms with Crippen molar-refractivity contribution in [2.24, 2.45) is 0 Å². The summed E-state index contributed by atoms with van der Waals surface area (Å²) >= 11 is 1.55. The number of ether oxygens (including phenoxy) is 2. The van der Waals surface area contributed by atoms with Crippen LogP contribution in [0.1, 0.15) is 30.0 Å². The van der Waals surface area contributed by atoms with Crippen molar-refractivity contribution in [1.82, 2.24) is 4.98 Å². The first-order valence-electron chi connectivity index (χ1n) is 6.48. The maximum absolute atomic E-state index is 9.70. The third-order valence-corrected chi connectivity index (χ3v) is 4.20. The Kier molecular flexibility index (Phi) is 7.30. The molecule has 0 aromatic carbocycles. The smallest absolute Gasteiger partial charge is 0.185 e. The highest BCUT2D eigenvalue weighted by atomic mass is 32.1. The molecule has 110 valence electrons. The molecule has 1 aromatic rings. The van der Waals surface area contributed by atoms with Crippen LogP contribution in [0.15, 0.2) is 0 Å². The van der Waals surface area contributed by atoms with Gasteiger partial charge in [-0.3, -0.25) is 0 Å². The molecule has 5 nitrogen and oxygen atoms in total. The summed E-state index contributed by atoms with van der Waals surface area (Å²) in [4.78, 5) is 7.67. The van der Waals surface area contributed by atoms with Gasteiger partial charge in [0.05, 0.1) is 23.3 Å². The van der Waals surface area contributed by atoms with E-state index in [9.17, 15) is 5.11 Å². The highest BCUT2D eigenvalue weighted by molar-refractivity contribution is 7.15. The Labute approximate surface area is 119 Å². The summed E-state index contributed by atoms with van der Waals surface area (Å²) in [6.07, 6.45) is 0.484. The molecule has 0 aliphatic carbocycles. The highest BCUT2D eigenvalue weighted by Gasteiger charge is 2.16. The number of nitrogens with zero attached hydrogens (tertiary/aromatic N) is 2. The topological polar surface area (TPSA) is 54.8 Å². The lowest BCUT2D eigenvalue weighted by Gasteiger charge is -2.21. The predicted octanol–water partition coefficient (Wildman–Crippen LogP) is 1.99. The van der Waals surface area contributed by atoms with Crippen molar-refractivity contribution in [2.45, 2.75) is 26.4 Å². The van der Waals surface area contributed by atoms with Crippen molar-refractivity contribution in [2.75, 3.05) is 45.4 Å². The van der Waals surface area contributed by atoms with Gasteiger partial charge in [-0.05, 0) is 20.3 Å². The van der Waals surface area contributed by atoms with Gasteiger partial charge in [-0.25, -0.2) is 4.98 Å². The number of aliphatic hydroxyl groups excluding tert-OH is 1. The summed E-state index contributed by atoms with van der Waals surface area (Å²) < 4.78 is 10.2. The summed E-state index contributed by atoms with van der Waals surface area (Å²) in [7, 11) is 3.40. The third kappa shape index (κ3) is 5.06. The van der Waals surface area contributed by atoms with Crippen molar-refractivity contribution in [3.05, 3.63) is 10.6 Å². The number of hydrogen-bond donors (Lipinski definition) is 1. The van der Waals surface area contributed by atoms with Crippen LogP contribution in [0.4, 0.5) is 5.13 Å². The number of aromatic nitrogens is 1. The molecule has 0 saturated heterocycles. The zero-order valence-electron chi connectivity index (χ0n) is 12.2. The van der Waals surface area contributed by atoms with Crippen LogP contribution >= 0.6 is 11.3 Å². The summed E-state index contributed by atoms with van der Waals surface area (Å²) in [6, 6.07) is 0. The van der Waals surface area contributed by atoms with Crippen molar-refractivity contribution >= 4 is 16.5 Å². The SMILES string of the molecule is COCCCN(CCOC)c1nc(C)c(C(C)O)s1. The number of methoxy groups -OCH3 is 2. The average Bonchev–Trinajstić information content (AvgIpc) is 2.76. The van der Waals surface area contributed by atoms with Gasteiger partial charge in [-0.2, -0.15) is 0 Å². The number of anilines is 1. The van der Waals surface area contributed by atoms with Gasteiger partial charge in [0.25, 0.3) is 0 Å². The Morgan fingerprint density at radius 3 is 2.47 bits per heavy atom. The number of thiazole rings is 1. The second-order valence-electron chi connectivity index (χ2n) is 4.45. The van der Waals surface area contributed by atoms with Crippen molar-refractivity contribution < 1.29 is 14.6 Å². The molecule has 0 aliphatic heterocycles. The van der Waals surface area contributed by atoms with Crippen LogP contribution in [-0.4, -0.2) is 50.6 Å². The molecule has 0 fully saturated rings. The second-order valence-corrected chi connectivity index (χ2v) is 5.46. The lowest BCUT2D eigenvalue weighted by molar-refractivity contribution is 0.191. The van der Waals surface area contributed by atoms with E-state index in [1.807, 2.05) is 6.92 Å². The molecule has 0 bridgehead atoms. The van der Waals surface area contributed by atoms with Crippen LogP contribution in [0.3, 0.4) is 0 Å². The summed E-state index contributed by atoms with van der Waals surface area (Å²) in [5.74, 6) is 0. The van der Waals surface area contributed by atoms with E-state index in [-0.39, 0.29) is 0 Å². The Balaban J connectivity index is 2.74.